The number of rotatable bonds is 5. The molecule has 0 saturated heterocycles. The van der Waals surface area contributed by atoms with Crippen LogP contribution in [0.4, 0.5) is 0 Å². The summed E-state index contributed by atoms with van der Waals surface area (Å²) in [7, 11) is 1.36. The Balaban J connectivity index is 2.85. The first-order chi connectivity index (χ1) is 8.39. The highest BCUT2D eigenvalue weighted by Crippen LogP contribution is 2.09. The van der Waals surface area contributed by atoms with Gasteiger partial charge in [-0.05, 0) is 19.1 Å². The number of nitrogens with one attached hydrogen (secondary N) is 1. The first-order valence-electron chi connectivity index (χ1n) is 5.05. The van der Waals surface area contributed by atoms with E-state index in [4.69, 9.17) is 21.4 Å². The molecule has 0 aliphatic heterocycles. The fourth-order valence-electron chi connectivity index (χ4n) is 1.26. The van der Waals surface area contributed by atoms with Crippen LogP contribution in [0.2, 0.25) is 5.02 Å². The van der Waals surface area contributed by atoms with E-state index in [1.165, 1.54) is 32.4 Å². The predicted octanol–water partition coefficient (Wildman–Crippen LogP) is 0.955. The number of methoxy groups -OCH3 is 1. The maximum Gasteiger partial charge on any atom is 0.331 e. The molecule has 0 bridgehead atoms. The molecule has 0 aliphatic rings. The van der Waals surface area contributed by atoms with Crippen molar-refractivity contribution in [3.05, 3.63) is 29.0 Å². The summed E-state index contributed by atoms with van der Waals surface area (Å²) in [5, 5.41) is 11.8. The molecule has 1 atom stereocenters. The molecule has 1 amide bonds. The molecule has 0 radical (unpaired) electrons. The predicted molar refractivity (Wildman–Crippen MR) is 64.6 cm³/mol. The van der Waals surface area contributed by atoms with E-state index in [0.717, 1.165) is 0 Å². The van der Waals surface area contributed by atoms with Crippen molar-refractivity contribution in [3.8, 4) is 0 Å². The van der Waals surface area contributed by atoms with Gasteiger partial charge in [0.25, 0.3) is 5.91 Å². The zero-order valence-corrected chi connectivity index (χ0v) is 10.7. The minimum atomic E-state index is -1.51. The standard InChI is InChI=1S/C11H13ClN2O4/c1-11(6-18-2,10(16)17)14-9(15)8-4-3-7(12)5-13-8/h3-5H,6H2,1-2H3,(H,14,15)(H,16,17). The molecule has 0 spiro atoms. The zero-order valence-electron chi connectivity index (χ0n) is 9.94. The lowest BCUT2D eigenvalue weighted by Gasteiger charge is -2.24. The summed E-state index contributed by atoms with van der Waals surface area (Å²) in [5.41, 5.74) is -1.42. The van der Waals surface area contributed by atoms with E-state index in [0.29, 0.717) is 5.02 Å². The van der Waals surface area contributed by atoms with Crippen molar-refractivity contribution in [1.82, 2.24) is 10.3 Å². The maximum atomic E-state index is 11.8. The Labute approximate surface area is 109 Å². The topological polar surface area (TPSA) is 88.5 Å². The lowest BCUT2D eigenvalue weighted by atomic mass is 10.0. The van der Waals surface area contributed by atoms with Gasteiger partial charge in [0.15, 0.2) is 5.54 Å². The number of aliphatic carboxylic acids is 1. The molecule has 1 rings (SSSR count). The molecule has 7 heteroatoms. The summed E-state index contributed by atoms with van der Waals surface area (Å²) < 4.78 is 4.79. The summed E-state index contributed by atoms with van der Waals surface area (Å²) in [6.45, 7) is 1.20. The van der Waals surface area contributed by atoms with Gasteiger partial charge in [0.05, 0.1) is 11.6 Å². The van der Waals surface area contributed by atoms with E-state index in [9.17, 15) is 9.59 Å². The number of carboxylic acids is 1. The monoisotopic (exact) mass is 272 g/mol. The average molecular weight is 273 g/mol. The molecule has 1 heterocycles. The van der Waals surface area contributed by atoms with Crippen LogP contribution < -0.4 is 5.32 Å². The Hall–Kier alpha value is -1.66. The van der Waals surface area contributed by atoms with Crippen LogP contribution in [-0.2, 0) is 9.53 Å². The van der Waals surface area contributed by atoms with Gasteiger partial charge >= 0.3 is 5.97 Å². The van der Waals surface area contributed by atoms with Crippen molar-refractivity contribution >= 4 is 23.5 Å². The Morgan fingerprint density at radius 1 is 1.56 bits per heavy atom. The smallest absolute Gasteiger partial charge is 0.331 e. The van der Waals surface area contributed by atoms with Crippen LogP contribution in [-0.4, -0.2) is 41.2 Å². The van der Waals surface area contributed by atoms with Crippen LogP contribution in [0, 0.1) is 0 Å². The van der Waals surface area contributed by atoms with Gasteiger partial charge in [0.2, 0.25) is 0 Å². The molecule has 2 N–H and O–H groups in total. The lowest BCUT2D eigenvalue weighted by Crippen LogP contribution is -2.55. The zero-order chi connectivity index (χ0) is 13.8. The second-order valence-corrected chi connectivity index (χ2v) is 4.32. The molecule has 98 valence electrons. The third-order valence-electron chi connectivity index (χ3n) is 2.25. The number of nitrogens with zero attached hydrogens (tertiary/aromatic N) is 1. The van der Waals surface area contributed by atoms with Gasteiger partial charge in [-0.1, -0.05) is 11.6 Å². The number of halogens is 1. The number of hydrogen-bond donors (Lipinski definition) is 2. The molecule has 0 fully saturated rings. The largest absolute Gasteiger partial charge is 0.479 e. The molecule has 1 aromatic heterocycles. The average Bonchev–Trinajstić information content (AvgIpc) is 2.29. The van der Waals surface area contributed by atoms with E-state index in [2.05, 4.69) is 10.3 Å². The molecule has 0 aliphatic carbocycles. The van der Waals surface area contributed by atoms with Gasteiger partial charge in [0.1, 0.15) is 5.69 Å². The Morgan fingerprint density at radius 3 is 2.67 bits per heavy atom. The second kappa shape index (κ2) is 5.79. The molecule has 1 aromatic rings. The highest BCUT2D eigenvalue weighted by Gasteiger charge is 2.35. The first-order valence-corrected chi connectivity index (χ1v) is 5.43. The number of carbonyl (C=O) groups excluding carboxylic acids is 1. The normalized spacial score (nSPS) is 13.7. The number of aromatic nitrogens is 1. The maximum absolute atomic E-state index is 11.8. The van der Waals surface area contributed by atoms with E-state index in [1.807, 2.05) is 0 Å². The van der Waals surface area contributed by atoms with Gasteiger partial charge in [-0.15, -0.1) is 0 Å². The van der Waals surface area contributed by atoms with Crippen LogP contribution in [0.25, 0.3) is 0 Å². The third kappa shape index (κ3) is 3.41. The Bertz CT molecular complexity index is 449. The van der Waals surface area contributed by atoms with Crippen molar-refractivity contribution in [3.63, 3.8) is 0 Å². The first kappa shape index (κ1) is 14.4. The number of amides is 1. The number of ether oxygens (including phenoxy) is 1. The van der Waals surface area contributed by atoms with Crippen LogP contribution in [0.3, 0.4) is 0 Å². The Morgan fingerprint density at radius 2 is 2.22 bits per heavy atom. The lowest BCUT2D eigenvalue weighted by molar-refractivity contribution is -0.145. The van der Waals surface area contributed by atoms with E-state index in [1.54, 1.807) is 0 Å². The van der Waals surface area contributed by atoms with Crippen molar-refractivity contribution in [1.29, 1.82) is 0 Å². The molecular weight excluding hydrogens is 260 g/mol. The van der Waals surface area contributed by atoms with Crippen molar-refractivity contribution < 1.29 is 19.4 Å². The van der Waals surface area contributed by atoms with Crippen molar-refractivity contribution in [2.75, 3.05) is 13.7 Å². The number of hydrogen-bond acceptors (Lipinski definition) is 4. The van der Waals surface area contributed by atoms with Crippen LogP contribution in [0.15, 0.2) is 18.3 Å². The third-order valence-corrected chi connectivity index (χ3v) is 2.48. The quantitative estimate of drug-likeness (QED) is 0.833. The minimum absolute atomic E-state index is 0.0861. The summed E-state index contributed by atoms with van der Waals surface area (Å²) in [6, 6.07) is 2.91. The van der Waals surface area contributed by atoms with Gasteiger partial charge in [-0.3, -0.25) is 4.79 Å². The second-order valence-electron chi connectivity index (χ2n) is 3.89. The van der Waals surface area contributed by atoms with E-state index >= 15 is 0 Å². The summed E-state index contributed by atoms with van der Waals surface area (Å²) in [6.07, 6.45) is 1.31. The number of carbonyl (C=O) groups is 2. The summed E-state index contributed by atoms with van der Waals surface area (Å²) in [4.78, 5) is 26.7. The molecule has 6 nitrogen and oxygen atoms in total. The highest BCUT2D eigenvalue weighted by molar-refractivity contribution is 6.30. The molecule has 1 unspecified atom stereocenters. The Kier molecular flexibility index (Phi) is 4.63. The van der Waals surface area contributed by atoms with Crippen molar-refractivity contribution in [2.45, 2.75) is 12.5 Å². The molecule has 0 saturated carbocycles. The fraction of sp³-hybridized carbons (Fsp3) is 0.364. The fourth-order valence-corrected chi connectivity index (χ4v) is 1.38. The van der Waals surface area contributed by atoms with Crippen LogP contribution in [0.1, 0.15) is 17.4 Å². The van der Waals surface area contributed by atoms with Crippen molar-refractivity contribution in [2.24, 2.45) is 0 Å². The van der Waals surface area contributed by atoms with Crippen LogP contribution in [0.5, 0.6) is 0 Å². The number of pyridine rings is 1. The molecule has 18 heavy (non-hydrogen) atoms. The minimum Gasteiger partial charge on any atom is -0.479 e. The van der Waals surface area contributed by atoms with E-state index < -0.39 is 17.4 Å². The number of carboxylic acid groups (broad SMARTS) is 1. The molecule has 0 aromatic carbocycles. The van der Waals surface area contributed by atoms with Crippen LogP contribution >= 0.6 is 11.6 Å². The van der Waals surface area contributed by atoms with E-state index in [-0.39, 0.29) is 12.3 Å². The highest BCUT2D eigenvalue weighted by atomic mass is 35.5. The van der Waals surface area contributed by atoms with Gasteiger partial charge in [-0.2, -0.15) is 0 Å². The SMILES string of the molecule is COCC(C)(NC(=O)c1ccc(Cl)cn1)C(=O)O. The van der Waals surface area contributed by atoms with Gasteiger partial charge in [0, 0.05) is 13.3 Å². The summed E-state index contributed by atoms with van der Waals surface area (Å²) in [5.74, 6) is -1.79. The van der Waals surface area contributed by atoms with Gasteiger partial charge in [-0.25, -0.2) is 9.78 Å². The van der Waals surface area contributed by atoms with Gasteiger partial charge < -0.3 is 15.2 Å². The summed E-state index contributed by atoms with van der Waals surface area (Å²) >= 11 is 5.64. The molecular formula is C11H13ClN2O4.